The van der Waals surface area contributed by atoms with Gasteiger partial charge in [-0.2, -0.15) is 0 Å². The first-order chi connectivity index (χ1) is 9.67. The lowest BCUT2D eigenvalue weighted by Gasteiger charge is -2.37. The van der Waals surface area contributed by atoms with Gasteiger partial charge in [0.25, 0.3) is 0 Å². The molecule has 1 N–H and O–H groups in total. The maximum Gasteiger partial charge on any atom is 0.123 e. The predicted molar refractivity (Wildman–Crippen MR) is 84.1 cm³/mol. The highest BCUT2D eigenvalue weighted by Crippen LogP contribution is 2.48. The number of benzene rings is 1. The van der Waals surface area contributed by atoms with Gasteiger partial charge in [0.15, 0.2) is 0 Å². The Labute approximate surface area is 129 Å². The van der Waals surface area contributed by atoms with Gasteiger partial charge in [0, 0.05) is 17.1 Å². The largest absolute Gasteiger partial charge is 0.310 e. The molecule has 0 bridgehead atoms. The van der Waals surface area contributed by atoms with Crippen LogP contribution in [0.2, 0.25) is 0 Å². The van der Waals surface area contributed by atoms with E-state index in [1.165, 1.54) is 57.4 Å². The summed E-state index contributed by atoms with van der Waals surface area (Å²) in [6.07, 6.45) is 11.1. The lowest BCUT2D eigenvalue weighted by atomic mass is 9.71. The standard InChI is InChI=1S/C17H23BrFN/c18-16-4-3-14(19)11-13(16)12-20-15-5-9-17(10-6-15)7-1-2-8-17/h3-4,11,15,20H,1-2,5-10,12H2. The fourth-order valence-electron chi connectivity index (χ4n) is 3.99. The smallest absolute Gasteiger partial charge is 0.123 e. The van der Waals surface area contributed by atoms with Gasteiger partial charge >= 0.3 is 0 Å². The quantitative estimate of drug-likeness (QED) is 0.799. The summed E-state index contributed by atoms with van der Waals surface area (Å²) >= 11 is 3.50. The zero-order valence-electron chi connectivity index (χ0n) is 11.9. The third-order valence-electron chi connectivity index (χ3n) is 5.30. The van der Waals surface area contributed by atoms with E-state index in [0.29, 0.717) is 11.5 Å². The van der Waals surface area contributed by atoms with Crippen LogP contribution in [0.15, 0.2) is 22.7 Å². The molecular weight excluding hydrogens is 317 g/mol. The van der Waals surface area contributed by atoms with Gasteiger partial charge in [0.2, 0.25) is 0 Å². The third-order valence-corrected chi connectivity index (χ3v) is 6.07. The summed E-state index contributed by atoms with van der Waals surface area (Å²) in [5.41, 5.74) is 1.71. The molecule has 0 heterocycles. The molecule has 0 unspecified atom stereocenters. The second kappa shape index (κ2) is 6.15. The summed E-state index contributed by atoms with van der Waals surface area (Å²) in [7, 11) is 0. The Balaban J connectivity index is 1.51. The molecule has 2 aliphatic rings. The highest BCUT2D eigenvalue weighted by Gasteiger charge is 2.37. The van der Waals surface area contributed by atoms with E-state index >= 15 is 0 Å². The third kappa shape index (κ3) is 3.25. The molecule has 0 atom stereocenters. The van der Waals surface area contributed by atoms with Crippen LogP contribution in [0.5, 0.6) is 0 Å². The number of halogens is 2. The molecule has 110 valence electrons. The molecule has 2 fully saturated rings. The summed E-state index contributed by atoms with van der Waals surface area (Å²) in [4.78, 5) is 0. The Morgan fingerprint density at radius 2 is 1.85 bits per heavy atom. The molecule has 0 radical (unpaired) electrons. The minimum Gasteiger partial charge on any atom is -0.310 e. The van der Waals surface area contributed by atoms with Gasteiger partial charge < -0.3 is 5.32 Å². The van der Waals surface area contributed by atoms with Crippen LogP contribution < -0.4 is 5.32 Å². The molecule has 1 nitrogen and oxygen atoms in total. The average molecular weight is 340 g/mol. The van der Waals surface area contributed by atoms with Crippen molar-refractivity contribution in [1.29, 1.82) is 0 Å². The fourth-order valence-corrected chi connectivity index (χ4v) is 4.38. The maximum atomic E-state index is 13.3. The van der Waals surface area contributed by atoms with Crippen LogP contribution in [0, 0.1) is 11.2 Å². The number of rotatable bonds is 3. The monoisotopic (exact) mass is 339 g/mol. The highest BCUT2D eigenvalue weighted by atomic mass is 79.9. The van der Waals surface area contributed by atoms with Crippen LogP contribution in [-0.2, 0) is 6.54 Å². The molecule has 3 rings (SSSR count). The van der Waals surface area contributed by atoms with Crippen molar-refractivity contribution in [3.8, 4) is 0 Å². The van der Waals surface area contributed by atoms with Crippen molar-refractivity contribution in [3.05, 3.63) is 34.1 Å². The Morgan fingerprint density at radius 1 is 1.15 bits per heavy atom. The molecule has 1 aromatic carbocycles. The second-order valence-electron chi connectivity index (χ2n) is 6.60. The first kappa shape index (κ1) is 14.5. The zero-order chi connectivity index (χ0) is 14.0. The Bertz CT molecular complexity index is 458. The van der Waals surface area contributed by atoms with Crippen LogP contribution in [0.3, 0.4) is 0 Å². The summed E-state index contributed by atoms with van der Waals surface area (Å²) in [6, 6.07) is 5.52. The van der Waals surface area contributed by atoms with Crippen molar-refractivity contribution < 1.29 is 4.39 Å². The maximum absolute atomic E-state index is 13.3. The van der Waals surface area contributed by atoms with Gasteiger partial charge in [-0.3, -0.25) is 0 Å². The molecule has 0 saturated heterocycles. The van der Waals surface area contributed by atoms with Gasteiger partial charge in [-0.05, 0) is 67.7 Å². The normalized spacial score (nSPS) is 22.5. The molecule has 0 aromatic heterocycles. The average Bonchev–Trinajstić information content (AvgIpc) is 2.90. The van der Waals surface area contributed by atoms with Crippen molar-refractivity contribution in [3.63, 3.8) is 0 Å². The summed E-state index contributed by atoms with van der Waals surface area (Å²) < 4.78 is 14.3. The van der Waals surface area contributed by atoms with E-state index in [0.717, 1.165) is 16.6 Å². The van der Waals surface area contributed by atoms with E-state index in [-0.39, 0.29) is 5.82 Å². The molecule has 0 amide bonds. The first-order valence-corrected chi connectivity index (χ1v) is 8.64. The Kier molecular flexibility index (Phi) is 4.46. The number of hydrogen-bond donors (Lipinski definition) is 1. The SMILES string of the molecule is Fc1ccc(Br)c(CNC2CCC3(CCCC3)CC2)c1. The topological polar surface area (TPSA) is 12.0 Å². The van der Waals surface area contributed by atoms with Crippen molar-refractivity contribution >= 4 is 15.9 Å². The molecule has 1 aromatic rings. The van der Waals surface area contributed by atoms with Gasteiger partial charge in [-0.1, -0.05) is 28.8 Å². The van der Waals surface area contributed by atoms with Crippen molar-refractivity contribution in [2.45, 2.75) is 64.0 Å². The van der Waals surface area contributed by atoms with Crippen LogP contribution in [-0.4, -0.2) is 6.04 Å². The molecule has 0 aliphatic heterocycles. The fraction of sp³-hybridized carbons (Fsp3) is 0.647. The van der Waals surface area contributed by atoms with Crippen LogP contribution >= 0.6 is 15.9 Å². The van der Waals surface area contributed by atoms with Crippen LogP contribution in [0.25, 0.3) is 0 Å². The number of hydrogen-bond acceptors (Lipinski definition) is 1. The van der Waals surface area contributed by atoms with Crippen molar-refractivity contribution in [1.82, 2.24) is 5.32 Å². The molecular formula is C17H23BrFN. The second-order valence-corrected chi connectivity index (χ2v) is 7.45. The van der Waals surface area contributed by atoms with E-state index in [4.69, 9.17) is 0 Å². The van der Waals surface area contributed by atoms with Gasteiger partial charge in [0.05, 0.1) is 0 Å². The van der Waals surface area contributed by atoms with Gasteiger partial charge in [0.1, 0.15) is 5.82 Å². The number of nitrogens with one attached hydrogen (secondary N) is 1. The van der Waals surface area contributed by atoms with Crippen LogP contribution in [0.1, 0.15) is 56.9 Å². The molecule has 1 spiro atoms. The first-order valence-electron chi connectivity index (χ1n) is 7.84. The summed E-state index contributed by atoms with van der Waals surface area (Å²) in [5.74, 6) is -0.154. The Hall–Kier alpha value is -0.410. The predicted octanol–water partition coefficient (Wildman–Crippen LogP) is 5.18. The molecule has 2 saturated carbocycles. The van der Waals surface area contributed by atoms with E-state index in [1.54, 1.807) is 12.1 Å². The van der Waals surface area contributed by atoms with Crippen LogP contribution in [0.4, 0.5) is 4.39 Å². The van der Waals surface area contributed by atoms with Gasteiger partial charge in [-0.25, -0.2) is 4.39 Å². The van der Waals surface area contributed by atoms with Crippen molar-refractivity contribution in [2.24, 2.45) is 5.41 Å². The lowest BCUT2D eigenvalue weighted by Crippen LogP contribution is -2.36. The summed E-state index contributed by atoms with van der Waals surface area (Å²) in [5, 5.41) is 3.62. The van der Waals surface area contributed by atoms with E-state index in [2.05, 4.69) is 21.2 Å². The van der Waals surface area contributed by atoms with E-state index in [1.807, 2.05) is 0 Å². The lowest BCUT2D eigenvalue weighted by molar-refractivity contribution is 0.168. The molecule has 3 heteroatoms. The zero-order valence-corrected chi connectivity index (χ0v) is 13.5. The van der Waals surface area contributed by atoms with Gasteiger partial charge in [-0.15, -0.1) is 0 Å². The minimum atomic E-state index is -0.154. The molecule has 2 aliphatic carbocycles. The molecule has 20 heavy (non-hydrogen) atoms. The Morgan fingerprint density at radius 3 is 2.55 bits per heavy atom. The van der Waals surface area contributed by atoms with E-state index in [9.17, 15) is 4.39 Å². The highest BCUT2D eigenvalue weighted by molar-refractivity contribution is 9.10. The summed E-state index contributed by atoms with van der Waals surface area (Å²) in [6.45, 7) is 0.760. The van der Waals surface area contributed by atoms with Crippen molar-refractivity contribution in [2.75, 3.05) is 0 Å². The minimum absolute atomic E-state index is 0.154. The van der Waals surface area contributed by atoms with E-state index < -0.39 is 0 Å².